The third-order valence-corrected chi connectivity index (χ3v) is 3.95. The van der Waals surface area contributed by atoms with E-state index < -0.39 is 0 Å². The summed E-state index contributed by atoms with van der Waals surface area (Å²) in [5, 5.41) is 0.580. The molecule has 0 amide bonds. The van der Waals surface area contributed by atoms with Crippen LogP contribution in [0.1, 0.15) is 23.5 Å². The summed E-state index contributed by atoms with van der Waals surface area (Å²) in [6, 6.07) is 14.8. The fraction of sp³-hybridized carbons (Fsp3) is 0.312. The van der Waals surface area contributed by atoms with Gasteiger partial charge in [-0.2, -0.15) is 0 Å². The lowest BCUT2D eigenvalue weighted by Crippen LogP contribution is -2.19. The molecule has 0 N–H and O–H groups in total. The van der Waals surface area contributed by atoms with Crippen LogP contribution in [-0.2, 0) is 6.54 Å². The third kappa shape index (κ3) is 3.14. The second-order valence-corrected chi connectivity index (χ2v) is 5.51. The van der Waals surface area contributed by atoms with E-state index in [1.54, 1.807) is 6.20 Å². The molecular formula is C16H17ClN2. The maximum Gasteiger partial charge on any atom is 0.129 e. The molecule has 19 heavy (non-hydrogen) atoms. The van der Waals surface area contributed by atoms with Gasteiger partial charge in [0.25, 0.3) is 0 Å². The molecule has 1 aromatic heterocycles. The normalized spacial score (nSPS) is 19.7. The van der Waals surface area contributed by atoms with Gasteiger partial charge in [0.05, 0.1) is 0 Å². The minimum Gasteiger partial charge on any atom is -0.298 e. The van der Waals surface area contributed by atoms with Crippen LogP contribution in [-0.4, -0.2) is 23.0 Å². The van der Waals surface area contributed by atoms with Crippen LogP contribution < -0.4 is 0 Å². The molecule has 0 saturated carbocycles. The highest BCUT2D eigenvalue weighted by Gasteiger charge is 2.23. The van der Waals surface area contributed by atoms with Gasteiger partial charge in [-0.3, -0.25) is 4.90 Å². The first kappa shape index (κ1) is 12.6. The molecule has 98 valence electrons. The number of benzene rings is 1. The molecule has 3 rings (SSSR count). The smallest absolute Gasteiger partial charge is 0.129 e. The molecule has 0 radical (unpaired) electrons. The molecule has 1 atom stereocenters. The maximum atomic E-state index is 5.93. The Kier molecular flexibility index (Phi) is 3.81. The number of hydrogen-bond acceptors (Lipinski definition) is 2. The van der Waals surface area contributed by atoms with E-state index in [1.165, 1.54) is 17.5 Å². The number of rotatable bonds is 3. The van der Waals surface area contributed by atoms with E-state index in [0.29, 0.717) is 11.1 Å². The van der Waals surface area contributed by atoms with Crippen LogP contribution in [0, 0.1) is 0 Å². The zero-order chi connectivity index (χ0) is 13.1. The molecule has 0 aliphatic carbocycles. The van der Waals surface area contributed by atoms with E-state index in [9.17, 15) is 0 Å². The van der Waals surface area contributed by atoms with Gasteiger partial charge in [-0.1, -0.05) is 41.9 Å². The maximum absolute atomic E-state index is 5.93. The fourth-order valence-electron chi connectivity index (χ4n) is 2.77. The van der Waals surface area contributed by atoms with Gasteiger partial charge in [0.1, 0.15) is 5.15 Å². The van der Waals surface area contributed by atoms with Crippen molar-refractivity contribution in [1.82, 2.24) is 9.88 Å². The van der Waals surface area contributed by atoms with Gasteiger partial charge in [0, 0.05) is 19.3 Å². The van der Waals surface area contributed by atoms with Gasteiger partial charge in [-0.15, -0.1) is 0 Å². The molecule has 3 heteroatoms. The molecule has 2 nitrogen and oxygen atoms in total. The monoisotopic (exact) mass is 272 g/mol. The molecule has 1 unspecified atom stereocenters. The van der Waals surface area contributed by atoms with Crippen molar-refractivity contribution < 1.29 is 0 Å². The summed E-state index contributed by atoms with van der Waals surface area (Å²) in [5.41, 5.74) is 2.70. The molecule has 0 spiro atoms. The van der Waals surface area contributed by atoms with Gasteiger partial charge < -0.3 is 0 Å². The van der Waals surface area contributed by atoms with E-state index in [0.717, 1.165) is 19.6 Å². The van der Waals surface area contributed by atoms with Crippen molar-refractivity contribution in [3.63, 3.8) is 0 Å². The van der Waals surface area contributed by atoms with Crippen LogP contribution in [0.15, 0.2) is 48.7 Å². The first-order valence-electron chi connectivity index (χ1n) is 6.69. The minimum absolute atomic E-state index is 0.580. The van der Waals surface area contributed by atoms with Crippen LogP contribution in [0.25, 0.3) is 0 Å². The number of halogens is 1. The lowest BCUT2D eigenvalue weighted by atomic mass is 9.99. The second-order valence-electron chi connectivity index (χ2n) is 5.12. The molecule has 2 aromatic rings. The Morgan fingerprint density at radius 1 is 1.21 bits per heavy atom. The summed E-state index contributed by atoms with van der Waals surface area (Å²) in [6.07, 6.45) is 3.02. The molecule has 1 aliphatic heterocycles. The van der Waals surface area contributed by atoms with Crippen LogP contribution in [0.2, 0.25) is 5.15 Å². The number of aromatic nitrogens is 1. The molecule has 1 fully saturated rings. The topological polar surface area (TPSA) is 16.1 Å². The third-order valence-electron chi connectivity index (χ3n) is 3.74. The van der Waals surface area contributed by atoms with Gasteiger partial charge in [-0.25, -0.2) is 4.98 Å². The Hall–Kier alpha value is -1.38. The van der Waals surface area contributed by atoms with Crippen LogP contribution in [0.3, 0.4) is 0 Å². The molecule has 2 heterocycles. The first-order valence-corrected chi connectivity index (χ1v) is 7.07. The number of hydrogen-bond donors (Lipinski definition) is 0. The Morgan fingerprint density at radius 2 is 2.05 bits per heavy atom. The zero-order valence-corrected chi connectivity index (χ0v) is 11.6. The Balaban J connectivity index is 1.63. The molecule has 1 aliphatic rings. The summed E-state index contributed by atoms with van der Waals surface area (Å²) in [6.45, 7) is 3.25. The first-order chi connectivity index (χ1) is 9.31. The average molecular weight is 273 g/mol. The predicted octanol–water partition coefficient (Wildman–Crippen LogP) is 3.72. The lowest BCUT2D eigenvalue weighted by Gasteiger charge is -2.16. The Bertz CT molecular complexity index is 541. The standard InChI is InChI=1S/C16H17ClN2/c17-16-10-13(6-8-18-16)11-19-9-7-15(12-19)14-4-2-1-3-5-14/h1-6,8,10,15H,7,9,11-12H2. The molecule has 0 bridgehead atoms. The lowest BCUT2D eigenvalue weighted by molar-refractivity contribution is 0.327. The average Bonchev–Trinajstić information content (AvgIpc) is 2.88. The van der Waals surface area contributed by atoms with Crippen molar-refractivity contribution in [2.45, 2.75) is 18.9 Å². The summed E-state index contributed by atoms with van der Waals surface area (Å²) < 4.78 is 0. The predicted molar refractivity (Wildman–Crippen MR) is 78.3 cm³/mol. The number of likely N-dealkylation sites (tertiary alicyclic amines) is 1. The van der Waals surface area contributed by atoms with Gasteiger partial charge in [0.2, 0.25) is 0 Å². The van der Waals surface area contributed by atoms with Gasteiger partial charge in [-0.05, 0) is 42.1 Å². The van der Waals surface area contributed by atoms with Crippen molar-refractivity contribution in [3.05, 3.63) is 64.9 Å². The van der Waals surface area contributed by atoms with E-state index in [-0.39, 0.29) is 0 Å². The summed E-state index contributed by atoms with van der Waals surface area (Å²) in [7, 11) is 0. The van der Waals surface area contributed by atoms with Crippen LogP contribution in [0.4, 0.5) is 0 Å². The van der Waals surface area contributed by atoms with Crippen molar-refractivity contribution in [2.75, 3.05) is 13.1 Å². The van der Waals surface area contributed by atoms with E-state index >= 15 is 0 Å². The number of pyridine rings is 1. The summed E-state index contributed by atoms with van der Waals surface area (Å²) in [4.78, 5) is 6.51. The van der Waals surface area contributed by atoms with E-state index in [4.69, 9.17) is 11.6 Å². The highest BCUT2D eigenvalue weighted by Crippen LogP contribution is 2.28. The summed E-state index contributed by atoms with van der Waals surface area (Å²) >= 11 is 5.93. The fourth-order valence-corrected chi connectivity index (χ4v) is 2.97. The van der Waals surface area contributed by atoms with Crippen molar-refractivity contribution in [1.29, 1.82) is 0 Å². The van der Waals surface area contributed by atoms with Crippen LogP contribution >= 0.6 is 11.6 Å². The number of nitrogens with zero attached hydrogens (tertiary/aromatic N) is 2. The van der Waals surface area contributed by atoms with E-state index in [1.807, 2.05) is 12.1 Å². The zero-order valence-electron chi connectivity index (χ0n) is 10.8. The van der Waals surface area contributed by atoms with Crippen molar-refractivity contribution >= 4 is 11.6 Å². The van der Waals surface area contributed by atoms with Gasteiger partial charge in [0.15, 0.2) is 0 Å². The SMILES string of the molecule is Clc1cc(CN2CCC(c3ccccc3)C2)ccn1. The van der Waals surface area contributed by atoms with E-state index in [2.05, 4.69) is 40.2 Å². The van der Waals surface area contributed by atoms with Crippen molar-refractivity contribution in [2.24, 2.45) is 0 Å². The van der Waals surface area contributed by atoms with Crippen LogP contribution in [0.5, 0.6) is 0 Å². The minimum atomic E-state index is 0.580. The Morgan fingerprint density at radius 3 is 2.84 bits per heavy atom. The molecular weight excluding hydrogens is 256 g/mol. The summed E-state index contributed by atoms with van der Waals surface area (Å²) in [5.74, 6) is 0.665. The highest BCUT2D eigenvalue weighted by atomic mass is 35.5. The molecule has 1 aromatic carbocycles. The molecule has 1 saturated heterocycles. The highest BCUT2D eigenvalue weighted by molar-refractivity contribution is 6.29. The second kappa shape index (κ2) is 5.72. The largest absolute Gasteiger partial charge is 0.298 e. The van der Waals surface area contributed by atoms with Crippen molar-refractivity contribution in [3.8, 4) is 0 Å². The quantitative estimate of drug-likeness (QED) is 0.792. The Labute approximate surface area is 119 Å². The van der Waals surface area contributed by atoms with Gasteiger partial charge >= 0.3 is 0 Å².